The van der Waals surface area contributed by atoms with Gasteiger partial charge in [-0.3, -0.25) is 4.79 Å². The van der Waals surface area contributed by atoms with Gasteiger partial charge in [-0.15, -0.1) is 0 Å². The lowest BCUT2D eigenvalue weighted by Crippen LogP contribution is -2.38. The number of carbonyl (C=O) groups excluding carboxylic acids is 2. The number of rotatable bonds is 5. The molecule has 1 aliphatic rings. The van der Waals surface area contributed by atoms with E-state index in [9.17, 15) is 9.59 Å². The molecule has 1 atom stereocenters. The molecule has 3 amide bonds. The maximum absolute atomic E-state index is 12.5. The van der Waals surface area contributed by atoms with Gasteiger partial charge in [-0.25, -0.2) is 4.79 Å². The van der Waals surface area contributed by atoms with Gasteiger partial charge in [0, 0.05) is 37.3 Å². The van der Waals surface area contributed by atoms with Crippen molar-refractivity contribution in [2.24, 2.45) is 0 Å². The molecule has 1 aliphatic heterocycles. The number of amides is 3. The Bertz CT molecular complexity index is 830. The van der Waals surface area contributed by atoms with E-state index in [2.05, 4.69) is 5.32 Å². The van der Waals surface area contributed by atoms with E-state index in [1.54, 1.807) is 11.9 Å². The van der Waals surface area contributed by atoms with Gasteiger partial charge < -0.3 is 15.1 Å². The maximum Gasteiger partial charge on any atom is 0.317 e. The summed E-state index contributed by atoms with van der Waals surface area (Å²) < 4.78 is 0. The number of urea groups is 1. The van der Waals surface area contributed by atoms with E-state index < -0.39 is 0 Å². The van der Waals surface area contributed by atoms with Crippen LogP contribution >= 0.6 is 11.6 Å². The molecule has 0 unspecified atom stereocenters. The Morgan fingerprint density at radius 1 is 1.03 bits per heavy atom. The molecule has 2 aromatic rings. The molecule has 3 rings (SSSR count). The quantitative estimate of drug-likeness (QED) is 0.760. The minimum absolute atomic E-state index is 0.0724. The van der Waals surface area contributed by atoms with Crippen molar-refractivity contribution in [1.29, 1.82) is 0 Å². The second kappa shape index (κ2) is 9.79. The number of carbonyl (C=O) groups is 2. The van der Waals surface area contributed by atoms with Crippen molar-refractivity contribution in [3.05, 3.63) is 70.2 Å². The minimum Gasteiger partial charge on any atom is -0.339 e. The summed E-state index contributed by atoms with van der Waals surface area (Å²) in [4.78, 5) is 28.6. The summed E-state index contributed by atoms with van der Waals surface area (Å²) in [5.41, 5.74) is 2.68. The van der Waals surface area contributed by atoms with E-state index in [0.717, 1.165) is 37.1 Å². The second-order valence-corrected chi connectivity index (χ2v) is 7.98. The first-order valence-corrected chi connectivity index (χ1v) is 10.5. The summed E-state index contributed by atoms with van der Waals surface area (Å²) in [6.07, 6.45) is 3.36. The first-order valence-electron chi connectivity index (χ1n) is 10.1. The van der Waals surface area contributed by atoms with E-state index in [-0.39, 0.29) is 18.0 Å². The molecule has 1 heterocycles. The van der Waals surface area contributed by atoms with Crippen molar-refractivity contribution in [3.8, 4) is 0 Å². The van der Waals surface area contributed by atoms with Gasteiger partial charge >= 0.3 is 6.03 Å². The van der Waals surface area contributed by atoms with Crippen molar-refractivity contribution < 1.29 is 9.59 Å². The lowest BCUT2D eigenvalue weighted by atomic mass is 10.1. The van der Waals surface area contributed by atoms with E-state index in [1.165, 1.54) is 6.42 Å². The Hall–Kier alpha value is -2.53. The second-order valence-electron chi connectivity index (χ2n) is 7.55. The van der Waals surface area contributed by atoms with Gasteiger partial charge in [-0.05, 0) is 61.6 Å². The summed E-state index contributed by atoms with van der Waals surface area (Å²) in [5.74, 6) is 0.0943. The van der Waals surface area contributed by atoms with E-state index in [0.29, 0.717) is 17.1 Å². The number of piperidine rings is 1. The number of nitrogens with one attached hydrogen (secondary N) is 1. The van der Waals surface area contributed by atoms with Gasteiger partial charge in [-0.1, -0.05) is 35.9 Å². The monoisotopic (exact) mass is 413 g/mol. The zero-order valence-corrected chi connectivity index (χ0v) is 17.8. The van der Waals surface area contributed by atoms with Crippen molar-refractivity contribution in [2.75, 3.05) is 20.1 Å². The number of nitrogens with zero attached hydrogens (tertiary/aromatic N) is 2. The molecule has 2 aromatic carbocycles. The third-order valence-corrected chi connectivity index (χ3v) is 5.79. The number of halogens is 1. The van der Waals surface area contributed by atoms with Crippen LogP contribution in [0.1, 0.15) is 53.7 Å². The van der Waals surface area contributed by atoms with Crippen LogP contribution < -0.4 is 5.32 Å². The molecule has 1 fully saturated rings. The van der Waals surface area contributed by atoms with Crippen molar-refractivity contribution in [3.63, 3.8) is 0 Å². The van der Waals surface area contributed by atoms with Gasteiger partial charge in [0.25, 0.3) is 5.91 Å². The van der Waals surface area contributed by atoms with Crippen LogP contribution in [0.2, 0.25) is 5.02 Å². The van der Waals surface area contributed by atoms with Crippen molar-refractivity contribution >= 4 is 23.5 Å². The molecular weight excluding hydrogens is 386 g/mol. The van der Waals surface area contributed by atoms with E-state index in [4.69, 9.17) is 11.6 Å². The van der Waals surface area contributed by atoms with Crippen molar-refractivity contribution in [1.82, 2.24) is 15.1 Å². The van der Waals surface area contributed by atoms with Gasteiger partial charge in [0.1, 0.15) is 0 Å². The van der Waals surface area contributed by atoms with Crippen LogP contribution in [0, 0.1) is 0 Å². The molecule has 0 saturated carbocycles. The highest BCUT2D eigenvalue weighted by atomic mass is 35.5. The summed E-state index contributed by atoms with van der Waals surface area (Å²) in [7, 11) is 1.77. The largest absolute Gasteiger partial charge is 0.339 e. The molecule has 1 N–H and O–H groups in total. The molecule has 0 aliphatic carbocycles. The van der Waals surface area contributed by atoms with Crippen LogP contribution in [0.4, 0.5) is 4.79 Å². The smallest absolute Gasteiger partial charge is 0.317 e. The number of hydrogen-bond donors (Lipinski definition) is 1. The predicted octanol–water partition coefficient (Wildman–Crippen LogP) is 4.87. The first-order chi connectivity index (χ1) is 14.0. The topological polar surface area (TPSA) is 52.7 Å². The highest BCUT2D eigenvalue weighted by Crippen LogP contribution is 2.21. The highest BCUT2D eigenvalue weighted by molar-refractivity contribution is 6.30. The normalized spacial score (nSPS) is 14.9. The summed E-state index contributed by atoms with van der Waals surface area (Å²) >= 11 is 5.93. The summed E-state index contributed by atoms with van der Waals surface area (Å²) in [6.45, 7) is 4.07. The SMILES string of the molecule is C[C@H](c1ccc(Cl)cc1)N(C)C(=O)NCc1ccc(C(=O)N2CCCCC2)cc1. The molecule has 6 heteroatoms. The van der Waals surface area contributed by atoms with Crippen LogP contribution in [-0.4, -0.2) is 41.9 Å². The third-order valence-electron chi connectivity index (χ3n) is 5.54. The zero-order chi connectivity index (χ0) is 20.8. The number of likely N-dealkylation sites (tertiary alicyclic amines) is 1. The molecule has 0 aromatic heterocycles. The highest BCUT2D eigenvalue weighted by Gasteiger charge is 2.19. The molecular formula is C23H28ClN3O2. The third kappa shape index (κ3) is 5.51. The maximum atomic E-state index is 12.5. The first kappa shape index (κ1) is 21.2. The molecule has 0 bridgehead atoms. The lowest BCUT2D eigenvalue weighted by Gasteiger charge is -2.27. The van der Waals surface area contributed by atoms with Gasteiger partial charge in [-0.2, -0.15) is 0 Å². The fourth-order valence-corrected chi connectivity index (χ4v) is 3.61. The number of hydrogen-bond acceptors (Lipinski definition) is 2. The fraction of sp³-hybridized carbons (Fsp3) is 0.391. The molecule has 1 saturated heterocycles. The van der Waals surface area contributed by atoms with Crippen LogP contribution in [0.3, 0.4) is 0 Å². The van der Waals surface area contributed by atoms with E-state index in [1.807, 2.05) is 60.4 Å². The molecule has 29 heavy (non-hydrogen) atoms. The van der Waals surface area contributed by atoms with Crippen molar-refractivity contribution in [2.45, 2.75) is 38.8 Å². The molecule has 5 nitrogen and oxygen atoms in total. The summed E-state index contributed by atoms with van der Waals surface area (Å²) in [6, 6.07) is 14.8. The fourth-order valence-electron chi connectivity index (χ4n) is 3.49. The minimum atomic E-state index is -0.152. The van der Waals surface area contributed by atoms with Crippen LogP contribution in [0.5, 0.6) is 0 Å². The van der Waals surface area contributed by atoms with Gasteiger partial charge in [0.05, 0.1) is 6.04 Å². The Morgan fingerprint density at radius 2 is 1.66 bits per heavy atom. The predicted molar refractivity (Wildman–Crippen MR) is 116 cm³/mol. The average molecular weight is 414 g/mol. The average Bonchev–Trinajstić information content (AvgIpc) is 2.77. The molecule has 154 valence electrons. The van der Waals surface area contributed by atoms with Gasteiger partial charge in [0.15, 0.2) is 0 Å². The Morgan fingerprint density at radius 3 is 2.28 bits per heavy atom. The lowest BCUT2D eigenvalue weighted by molar-refractivity contribution is 0.0724. The Kier molecular flexibility index (Phi) is 7.15. The zero-order valence-electron chi connectivity index (χ0n) is 17.0. The molecule has 0 radical (unpaired) electrons. The molecule has 0 spiro atoms. The summed E-state index contributed by atoms with van der Waals surface area (Å²) in [5, 5.41) is 3.61. The Balaban J connectivity index is 1.53. The van der Waals surface area contributed by atoms with Gasteiger partial charge in [0.2, 0.25) is 0 Å². The van der Waals surface area contributed by atoms with E-state index >= 15 is 0 Å². The van der Waals surface area contributed by atoms with Crippen LogP contribution in [-0.2, 0) is 6.54 Å². The standard InChI is InChI=1S/C23H28ClN3O2/c1-17(19-10-12-21(24)13-11-19)26(2)23(29)25-16-18-6-8-20(9-7-18)22(28)27-14-4-3-5-15-27/h6-13,17H,3-5,14-16H2,1-2H3,(H,25,29)/t17-/m1/s1. The Labute approximate surface area is 177 Å². The number of benzene rings is 2. The van der Waals surface area contributed by atoms with Crippen LogP contribution in [0.25, 0.3) is 0 Å². The van der Waals surface area contributed by atoms with Crippen LogP contribution in [0.15, 0.2) is 48.5 Å².